The average molecular weight is 311 g/mol. The minimum atomic E-state index is 0.0815. The summed E-state index contributed by atoms with van der Waals surface area (Å²) in [4.78, 5) is 19.1. The number of nitrogens with zero attached hydrogens (tertiary/aromatic N) is 2. The zero-order chi connectivity index (χ0) is 13.3. The van der Waals surface area contributed by atoms with Gasteiger partial charge in [-0.15, -0.1) is 0 Å². The molecule has 0 aromatic carbocycles. The second-order valence-electron chi connectivity index (χ2n) is 5.21. The minimum Gasteiger partial charge on any atom is -0.341 e. The number of hydrogen-bond acceptors (Lipinski definition) is 2. The molecule has 0 radical (unpaired) electrons. The molecule has 0 atom stereocenters. The fourth-order valence-electron chi connectivity index (χ4n) is 2.39. The molecule has 18 heavy (non-hydrogen) atoms. The highest BCUT2D eigenvalue weighted by atomic mass is 79.9. The first-order chi connectivity index (χ1) is 8.47. The van der Waals surface area contributed by atoms with Gasteiger partial charge in [-0.1, -0.05) is 15.9 Å². The van der Waals surface area contributed by atoms with Gasteiger partial charge < -0.3 is 4.90 Å². The Kier molecular flexibility index (Phi) is 4.05. The van der Waals surface area contributed by atoms with E-state index >= 15 is 0 Å². The van der Waals surface area contributed by atoms with Gasteiger partial charge in [0.05, 0.1) is 11.3 Å². The number of pyridine rings is 1. The standard InChI is InChI=1S/C14H19BrN2O/c1-9-4-5-13(10(2)16-9)14(18)17(3)8-11-6-12(15)7-11/h4-5,11-12H,6-8H2,1-3H3. The van der Waals surface area contributed by atoms with Crippen molar-refractivity contribution in [1.29, 1.82) is 0 Å². The van der Waals surface area contributed by atoms with Gasteiger partial charge in [-0.2, -0.15) is 0 Å². The van der Waals surface area contributed by atoms with Crippen LogP contribution in [-0.2, 0) is 0 Å². The number of rotatable bonds is 3. The predicted molar refractivity (Wildman–Crippen MR) is 76.1 cm³/mol. The van der Waals surface area contributed by atoms with Crippen LogP contribution < -0.4 is 0 Å². The molecule has 0 saturated heterocycles. The topological polar surface area (TPSA) is 33.2 Å². The Morgan fingerprint density at radius 2 is 2.11 bits per heavy atom. The average Bonchev–Trinajstić information content (AvgIpc) is 2.26. The fraction of sp³-hybridized carbons (Fsp3) is 0.571. The molecule has 1 amide bonds. The van der Waals surface area contributed by atoms with E-state index < -0.39 is 0 Å². The van der Waals surface area contributed by atoms with Crippen molar-refractivity contribution >= 4 is 21.8 Å². The third-order valence-corrected chi connectivity index (χ3v) is 4.26. The van der Waals surface area contributed by atoms with Crippen LogP contribution in [0.2, 0.25) is 0 Å². The van der Waals surface area contributed by atoms with Gasteiger partial charge in [-0.05, 0) is 44.7 Å². The van der Waals surface area contributed by atoms with Crippen LogP contribution in [0.25, 0.3) is 0 Å². The predicted octanol–water partition coefficient (Wildman–Crippen LogP) is 2.94. The van der Waals surface area contributed by atoms with Gasteiger partial charge in [0, 0.05) is 24.1 Å². The Bertz CT molecular complexity index is 455. The van der Waals surface area contributed by atoms with Crippen LogP contribution in [0, 0.1) is 19.8 Å². The van der Waals surface area contributed by atoms with Gasteiger partial charge in [0.15, 0.2) is 0 Å². The summed E-state index contributed by atoms with van der Waals surface area (Å²) in [5.74, 6) is 0.722. The highest BCUT2D eigenvalue weighted by Crippen LogP contribution is 2.33. The van der Waals surface area contributed by atoms with E-state index in [9.17, 15) is 4.79 Å². The van der Waals surface area contributed by atoms with Crippen LogP contribution in [0.3, 0.4) is 0 Å². The number of aryl methyl sites for hydroxylation is 2. The van der Waals surface area contributed by atoms with Crippen molar-refractivity contribution in [3.8, 4) is 0 Å². The molecule has 1 aromatic rings. The molecule has 0 N–H and O–H groups in total. The van der Waals surface area contributed by atoms with E-state index in [-0.39, 0.29) is 5.91 Å². The van der Waals surface area contributed by atoms with Crippen molar-refractivity contribution in [3.63, 3.8) is 0 Å². The fourth-order valence-corrected chi connectivity index (χ4v) is 3.45. The van der Waals surface area contributed by atoms with Crippen molar-refractivity contribution < 1.29 is 4.79 Å². The normalized spacial score (nSPS) is 22.4. The Labute approximate surface area is 117 Å². The Morgan fingerprint density at radius 3 is 2.67 bits per heavy atom. The van der Waals surface area contributed by atoms with E-state index in [4.69, 9.17) is 0 Å². The summed E-state index contributed by atoms with van der Waals surface area (Å²) < 4.78 is 0. The van der Waals surface area contributed by atoms with Crippen LogP contribution in [0.5, 0.6) is 0 Å². The zero-order valence-electron chi connectivity index (χ0n) is 11.1. The third kappa shape index (κ3) is 2.91. The number of alkyl halides is 1. The third-order valence-electron chi connectivity index (χ3n) is 3.51. The van der Waals surface area contributed by atoms with Gasteiger partial charge >= 0.3 is 0 Å². The van der Waals surface area contributed by atoms with Crippen LogP contribution in [0.1, 0.15) is 34.6 Å². The lowest BCUT2D eigenvalue weighted by molar-refractivity contribution is 0.0747. The van der Waals surface area contributed by atoms with Crippen molar-refractivity contribution in [2.75, 3.05) is 13.6 Å². The number of aromatic nitrogens is 1. The Hall–Kier alpha value is -0.900. The van der Waals surface area contributed by atoms with Crippen LogP contribution >= 0.6 is 15.9 Å². The SMILES string of the molecule is Cc1ccc(C(=O)N(C)CC2CC(Br)C2)c(C)n1. The summed E-state index contributed by atoms with van der Waals surface area (Å²) in [5, 5.41) is 0. The molecule has 98 valence electrons. The second-order valence-corrected chi connectivity index (χ2v) is 6.50. The summed E-state index contributed by atoms with van der Waals surface area (Å²) in [6, 6.07) is 3.77. The number of amides is 1. The Morgan fingerprint density at radius 1 is 1.44 bits per heavy atom. The van der Waals surface area contributed by atoms with E-state index in [1.54, 1.807) is 0 Å². The zero-order valence-corrected chi connectivity index (χ0v) is 12.7. The highest BCUT2D eigenvalue weighted by Gasteiger charge is 2.29. The van der Waals surface area contributed by atoms with E-state index in [2.05, 4.69) is 20.9 Å². The Balaban J connectivity index is 2.01. The quantitative estimate of drug-likeness (QED) is 0.804. The van der Waals surface area contributed by atoms with Crippen LogP contribution in [0.15, 0.2) is 12.1 Å². The van der Waals surface area contributed by atoms with Crippen LogP contribution in [-0.4, -0.2) is 34.2 Å². The van der Waals surface area contributed by atoms with Crippen molar-refractivity contribution in [2.24, 2.45) is 5.92 Å². The van der Waals surface area contributed by atoms with Crippen LogP contribution in [0.4, 0.5) is 0 Å². The molecule has 1 aliphatic carbocycles. The number of hydrogen-bond donors (Lipinski definition) is 0. The molecule has 3 nitrogen and oxygen atoms in total. The largest absolute Gasteiger partial charge is 0.341 e. The molecule has 0 aliphatic heterocycles. The molecule has 1 saturated carbocycles. The first-order valence-electron chi connectivity index (χ1n) is 6.31. The first kappa shape index (κ1) is 13.5. The van der Waals surface area contributed by atoms with E-state index in [1.807, 2.05) is 37.9 Å². The monoisotopic (exact) mass is 310 g/mol. The molecule has 0 unspecified atom stereocenters. The van der Waals surface area contributed by atoms with Gasteiger partial charge in [0.2, 0.25) is 0 Å². The summed E-state index contributed by atoms with van der Waals surface area (Å²) in [6.45, 7) is 4.68. The molecule has 4 heteroatoms. The van der Waals surface area contributed by atoms with Gasteiger partial charge in [-0.3, -0.25) is 9.78 Å². The molecular formula is C14H19BrN2O. The molecule has 1 aliphatic rings. The maximum absolute atomic E-state index is 12.3. The van der Waals surface area contributed by atoms with Crippen molar-refractivity contribution in [1.82, 2.24) is 9.88 Å². The molecular weight excluding hydrogens is 292 g/mol. The first-order valence-corrected chi connectivity index (χ1v) is 7.22. The van der Waals surface area contributed by atoms with Gasteiger partial charge in [0.25, 0.3) is 5.91 Å². The molecule has 1 fully saturated rings. The van der Waals surface area contributed by atoms with E-state index in [0.717, 1.165) is 23.5 Å². The maximum atomic E-state index is 12.3. The molecule has 1 aromatic heterocycles. The second kappa shape index (κ2) is 5.39. The number of carbonyl (C=O) groups excluding carboxylic acids is 1. The summed E-state index contributed by atoms with van der Waals surface area (Å²) >= 11 is 3.58. The molecule has 2 rings (SSSR count). The lowest BCUT2D eigenvalue weighted by Crippen LogP contribution is -2.38. The van der Waals surface area contributed by atoms with Crippen molar-refractivity contribution in [3.05, 3.63) is 29.1 Å². The molecule has 1 heterocycles. The summed E-state index contributed by atoms with van der Waals surface area (Å²) in [5.41, 5.74) is 2.49. The minimum absolute atomic E-state index is 0.0815. The summed E-state index contributed by atoms with van der Waals surface area (Å²) in [6.07, 6.45) is 2.34. The number of halogens is 1. The summed E-state index contributed by atoms with van der Waals surface area (Å²) in [7, 11) is 1.88. The van der Waals surface area contributed by atoms with Gasteiger partial charge in [-0.25, -0.2) is 0 Å². The maximum Gasteiger partial charge on any atom is 0.255 e. The highest BCUT2D eigenvalue weighted by molar-refractivity contribution is 9.09. The smallest absolute Gasteiger partial charge is 0.255 e. The van der Waals surface area contributed by atoms with E-state index in [1.165, 1.54) is 12.8 Å². The molecule has 0 bridgehead atoms. The number of carbonyl (C=O) groups is 1. The molecule has 0 spiro atoms. The van der Waals surface area contributed by atoms with Gasteiger partial charge in [0.1, 0.15) is 0 Å². The van der Waals surface area contributed by atoms with Crippen molar-refractivity contribution in [2.45, 2.75) is 31.5 Å². The lowest BCUT2D eigenvalue weighted by Gasteiger charge is -2.34. The van der Waals surface area contributed by atoms with E-state index in [0.29, 0.717) is 10.7 Å². The lowest BCUT2D eigenvalue weighted by atomic mass is 9.85.